The Morgan fingerprint density at radius 1 is 1.44 bits per heavy atom. The molecular formula is C11H15N3O4. The number of hydrogen-bond acceptors (Lipinski definition) is 4. The maximum atomic E-state index is 11.5. The first-order valence-electron chi connectivity index (χ1n) is 5.35. The number of aryl methyl sites for hydroxylation is 1. The molecule has 0 aliphatic carbocycles. The highest BCUT2D eigenvalue weighted by Crippen LogP contribution is 2.06. The third-order valence-electron chi connectivity index (χ3n) is 2.15. The van der Waals surface area contributed by atoms with Gasteiger partial charge in [0.1, 0.15) is 6.04 Å². The van der Waals surface area contributed by atoms with E-state index in [-0.39, 0.29) is 13.0 Å². The Morgan fingerprint density at radius 3 is 2.72 bits per heavy atom. The number of nitrogens with one attached hydrogen (secondary N) is 2. The molecule has 2 amide bonds. The first-order chi connectivity index (χ1) is 8.52. The lowest BCUT2D eigenvalue weighted by Gasteiger charge is -2.13. The number of nitrogens with zero attached hydrogens (tertiary/aromatic N) is 1. The van der Waals surface area contributed by atoms with Crippen LogP contribution in [-0.2, 0) is 4.79 Å². The van der Waals surface area contributed by atoms with Crippen molar-refractivity contribution >= 4 is 17.7 Å². The number of amides is 2. The van der Waals surface area contributed by atoms with E-state index >= 15 is 0 Å². The van der Waals surface area contributed by atoms with Gasteiger partial charge in [-0.1, -0.05) is 0 Å². The highest BCUT2D eigenvalue weighted by Gasteiger charge is 2.19. The summed E-state index contributed by atoms with van der Waals surface area (Å²) in [7, 11) is 0. The van der Waals surface area contributed by atoms with Gasteiger partial charge in [0, 0.05) is 19.2 Å². The van der Waals surface area contributed by atoms with E-state index in [1.807, 2.05) is 6.92 Å². The third-order valence-corrected chi connectivity index (χ3v) is 2.15. The van der Waals surface area contributed by atoms with E-state index in [1.165, 1.54) is 6.20 Å². The van der Waals surface area contributed by atoms with Gasteiger partial charge < -0.3 is 20.8 Å². The molecule has 7 nitrogen and oxygen atoms in total. The Balaban J connectivity index is 2.57. The molecule has 0 spiro atoms. The number of carboxylic acids is 1. The first-order valence-corrected chi connectivity index (χ1v) is 5.35. The van der Waals surface area contributed by atoms with E-state index in [1.54, 1.807) is 12.3 Å². The van der Waals surface area contributed by atoms with Gasteiger partial charge in [-0.15, -0.1) is 0 Å². The average Bonchev–Trinajstić information content (AvgIpc) is 2.28. The van der Waals surface area contributed by atoms with E-state index in [0.29, 0.717) is 5.69 Å². The lowest BCUT2D eigenvalue weighted by molar-refractivity contribution is -0.139. The SMILES string of the molecule is Cc1cncc(NC(=O)N[C@@H](CCO)C(=O)O)c1. The zero-order valence-corrected chi connectivity index (χ0v) is 9.88. The standard InChI is InChI=1S/C11H15N3O4/c1-7-4-8(6-12-5-7)13-11(18)14-9(2-3-15)10(16)17/h4-6,9,15H,2-3H2,1H3,(H,16,17)(H2,13,14,18)/t9-/m0/s1. The predicted molar refractivity (Wildman–Crippen MR) is 64.3 cm³/mol. The third kappa shape index (κ3) is 4.38. The van der Waals surface area contributed by atoms with Crippen LogP contribution in [0, 0.1) is 6.92 Å². The van der Waals surface area contributed by atoms with Gasteiger partial charge in [-0.2, -0.15) is 0 Å². The maximum Gasteiger partial charge on any atom is 0.326 e. The van der Waals surface area contributed by atoms with E-state index in [4.69, 9.17) is 10.2 Å². The Kier molecular flexibility index (Phi) is 5.06. The summed E-state index contributed by atoms with van der Waals surface area (Å²) in [5.41, 5.74) is 1.35. The monoisotopic (exact) mass is 253 g/mol. The van der Waals surface area contributed by atoms with Crippen LogP contribution < -0.4 is 10.6 Å². The first kappa shape index (κ1) is 13.9. The van der Waals surface area contributed by atoms with Crippen LogP contribution in [0.15, 0.2) is 18.5 Å². The number of aliphatic hydroxyl groups is 1. The zero-order valence-electron chi connectivity index (χ0n) is 9.88. The van der Waals surface area contributed by atoms with Crippen molar-refractivity contribution in [3.8, 4) is 0 Å². The molecule has 1 atom stereocenters. The van der Waals surface area contributed by atoms with Gasteiger partial charge in [0.2, 0.25) is 0 Å². The number of carbonyl (C=O) groups excluding carboxylic acids is 1. The van der Waals surface area contributed by atoms with Crippen molar-refractivity contribution in [3.63, 3.8) is 0 Å². The predicted octanol–water partition coefficient (Wildman–Crippen LogP) is 0.347. The second-order valence-corrected chi connectivity index (χ2v) is 3.75. The minimum absolute atomic E-state index is 0.0468. The van der Waals surface area contributed by atoms with Crippen LogP contribution in [0.4, 0.5) is 10.5 Å². The molecule has 1 rings (SSSR count). The number of hydrogen-bond donors (Lipinski definition) is 4. The summed E-state index contributed by atoms with van der Waals surface area (Å²) in [5, 5.41) is 22.2. The fourth-order valence-corrected chi connectivity index (χ4v) is 1.34. The molecule has 18 heavy (non-hydrogen) atoms. The number of aliphatic carboxylic acids is 1. The number of rotatable bonds is 5. The molecule has 0 radical (unpaired) electrons. The molecule has 0 saturated carbocycles. The van der Waals surface area contributed by atoms with Crippen LogP contribution in [-0.4, -0.2) is 39.8 Å². The summed E-state index contributed by atoms with van der Waals surface area (Å²) in [6.07, 6.45) is 3.04. The lowest BCUT2D eigenvalue weighted by atomic mass is 10.2. The van der Waals surface area contributed by atoms with Gasteiger partial charge in [0.15, 0.2) is 0 Å². The minimum atomic E-state index is -1.19. The summed E-state index contributed by atoms with van der Waals surface area (Å²) in [6.45, 7) is 1.51. The number of carbonyl (C=O) groups is 2. The lowest BCUT2D eigenvalue weighted by Crippen LogP contribution is -2.43. The van der Waals surface area contributed by atoms with Crippen LogP contribution in [0.25, 0.3) is 0 Å². The second kappa shape index (κ2) is 6.55. The molecule has 1 heterocycles. The van der Waals surface area contributed by atoms with Crippen LogP contribution in [0.1, 0.15) is 12.0 Å². The molecule has 0 unspecified atom stereocenters. The summed E-state index contributed by atoms with van der Waals surface area (Å²) >= 11 is 0. The maximum absolute atomic E-state index is 11.5. The molecule has 0 aliphatic rings. The van der Waals surface area contributed by atoms with Crippen molar-refractivity contribution in [1.82, 2.24) is 10.3 Å². The number of anilines is 1. The number of urea groups is 1. The topological polar surface area (TPSA) is 112 Å². The molecule has 0 saturated heterocycles. The molecule has 7 heteroatoms. The Morgan fingerprint density at radius 2 is 2.17 bits per heavy atom. The fourth-order valence-electron chi connectivity index (χ4n) is 1.34. The van der Waals surface area contributed by atoms with Gasteiger partial charge in [0.25, 0.3) is 0 Å². The van der Waals surface area contributed by atoms with Crippen molar-refractivity contribution in [1.29, 1.82) is 0 Å². The summed E-state index contributed by atoms with van der Waals surface area (Å²) in [6, 6.07) is -0.0648. The smallest absolute Gasteiger partial charge is 0.326 e. The fraction of sp³-hybridized carbons (Fsp3) is 0.364. The van der Waals surface area contributed by atoms with Crippen LogP contribution in [0.3, 0.4) is 0 Å². The molecule has 1 aromatic heterocycles. The van der Waals surface area contributed by atoms with Crippen molar-refractivity contribution < 1.29 is 19.8 Å². The summed E-state index contributed by atoms with van der Waals surface area (Å²) < 4.78 is 0. The molecule has 0 bridgehead atoms. The Hall–Kier alpha value is -2.15. The van der Waals surface area contributed by atoms with E-state index in [2.05, 4.69) is 15.6 Å². The van der Waals surface area contributed by atoms with Crippen molar-refractivity contribution in [3.05, 3.63) is 24.0 Å². The Bertz CT molecular complexity index is 436. The highest BCUT2D eigenvalue weighted by molar-refractivity contribution is 5.92. The van der Waals surface area contributed by atoms with Gasteiger partial charge in [-0.05, 0) is 18.6 Å². The van der Waals surface area contributed by atoms with Crippen LogP contribution >= 0.6 is 0 Å². The van der Waals surface area contributed by atoms with Crippen molar-refractivity contribution in [2.24, 2.45) is 0 Å². The summed E-state index contributed by atoms with van der Waals surface area (Å²) in [5.74, 6) is -1.19. The number of aromatic nitrogens is 1. The normalized spacial score (nSPS) is 11.7. The molecule has 0 aromatic carbocycles. The molecule has 98 valence electrons. The van der Waals surface area contributed by atoms with Crippen LogP contribution in [0.5, 0.6) is 0 Å². The van der Waals surface area contributed by atoms with E-state index < -0.39 is 18.0 Å². The molecule has 0 aliphatic heterocycles. The minimum Gasteiger partial charge on any atom is -0.480 e. The van der Waals surface area contributed by atoms with Gasteiger partial charge in [-0.3, -0.25) is 4.98 Å². The average molecular weight is 253 g/mol. The molecule has 4 N–H and O–H groups in total. The van der Waals surface area contributed by atoms with Crippen molar-refractivity contribution in [2.45, 2.75) is 19.4 Å². The van der Waals surface area contributed by atoms with E-state index in [0.717, 1.165) is 5.56 Å². The van der Waals surface area contributed by atoms with E-state index in [9.17, 15) is 9.59 Å². The van der Waals surface area contributed by atoms with Gasteiger partial charge in [0.05, 0.1) is 11.9 Å². The number of aliphatic hydroxyl groups excluding tert-OH is 1. The zero-order chi connectivity index (χ0) is 13.5. The highest BCUT2D eigenvalue weighted by atomic mass is 16.4. The largest absolute Gasteiger partial charge is 0.480 e. The van der Waals surface area contributed by atoms with Gasteiger partial charge >= 0.3 is 12.0 Å². The van der Waals surface area contributed by atoms with Gasteiger partial charge in [-0.25, -0.2) is 9.59 Å². The summed E-state index contributed by atoms with van der Waals surface area (Å²) in [4.78, 5) is 26.2. The number of pyridine rings is 1. The Labute approximate surface area is 104 Å². The number of carboxylic acid groups (broad SMARTS) is 1. The van der Waals surface area contributed by atoms with Crippen LogP contribution in [0.2, 0.25) is 0 Å². The van der Waals surface area contributed by atoms with Crippen molar-refractivity contribution in [2.75, 3.05) is 11.9 Å². The molecule has 0 fully saturated rings. The quantitative estimate of drug-likeness (QED) is 0.605. The molecule has 1 aromatic rings. The molecular weight excluding hydrogens is 238 g/mol. The second-order valence-electron chi connectivity index (χ2n) is 3.75.